The van der Waals surface area contributed by atoms with Crippen LogP contribution in [0.2, 0.25) is 0 Å². The molecule has 1 saturated heterocycles. The Morgan fingerprint density at radius 3 is 2.68 bits per heavy atom. The van der Waals surface area contributed by atoms with Gasteiger partial charge in [-0.25, -0.2) is 0 Å². The lowest BCUT2D eigenvalue weighted by molar-refractivity contribution is 0.0956. The lowest BCUT2D eigenvalue weighted by Crippen LogP contribution is -2.48. The SMILES string of the molecule is CCCNC1CCN(C(C)c2ccccc2)C(C)C1. The van der Waals surface area contributed by atoms with Crippen LogP contribution in [0.5, 0.6) is 0 Å². The van der Waals surface area contributed by atoms with Gasteiger partial charge in [0.1, 0.15) is 0 Å². The fourth-order valence-electron chi connectivity index (χ4n) is 3.22. The van der Waals surface area contributed by atoms with Gasteiger partial charge >= 0.3 is 0 Å². The van der Waals surface area contributed by atoms with Crippen LogP contribution in [0.15, 0.2) is 30.3 Å². The Hall–Kier alpha value is -0.860. The molecule has 1 aromatic rings. The molecule has 1 heterocycles. The zero-order valence-corrected chi connectivity index (χ0v) is 12.6. The first-order chi connectivity index (χ1) is 9.22. The molecule has 19 heavy (non-hydrogen) atoms. The predicted octanol–water partition coefficient (Wildman–Crippen LogP) is 3.60. The second-order valence-electron chi connectivity index (χ2n) is 5.85. The summed E-state index contributed by atoms with van der Waals surface area (Å²) in [5.74, 6) is 0. The standard InChI is InChI=1S/C17H28N2/c1-4-11-18-17-10-12-19(14(2)13-17)15(3)16-8-6-5-7-9-16/h5-9,14-15,17-18H,4,10-13H2,1-3H3. The summed E-state index contributed by atoms with van der Waals surface area (Å²) >= 11 is 0. The van der Waals surface area contributed by atoms with Crippen LogP contribution in [-0.4, -0.2) is 30.1 Å². The normalized spacial score (nSPS) is 26.3. The topological polar surface area (TPSA) is 15.3 Å². The highest BCUT2D eigenvalue weighted by atomic mass is 15.2. The van der Waals surface area contributed by atoms with Gasteiger partial charge in [0.2, 0.25) is 0 Å². The molecule has 106 valence electrons. The summed E-state index contributed by atoms with van der Waals surface area (Å²) < 4.78 is 0. The van der Waals surface area contributed by atoms with Gasteiger partial charge in [-0.05, 0) is 45.2 Å². The first kappa shape index (κ1) is 14.5. The van der Waals surface area contributed by atoms with Crippen LogP contribution in [-0.2, 0) is 0 Å². The van der Waals surface area contributed by atoms with Gasteiger partial charge in [-0.15, -0.1) is 0 Å². The maximum absolute atomic E-state index is 3.67. The molecule has 0 spiro atoms. The molecule has 1 aliphatic heterocycles. The molecule has 2 heteroatoms. The number of hydrogen-bond donors (Lipinski definition) is 1. The van der Waals surface area contributed by atoms with Crippen LogP contribution < -0.4 is 5.32 Å². The second kappa shape index (κ2) is 7.06. The maximum Gasteiger partial charge on any atom is 0.0322 e. The second-order valence-corrected chi connectivity index (χ2v) is 5.85. The van der Waals surface area contributed by atoms with Crippen molar-refractivity contribution in [3.05, 3.63) is 35.9 Å². The zero-order chi connectivity index (χ0) is 13.7. The third-order valence-corrected chi connectivity index (χ3v) is 4.39. The van der Waals surface area contributed by atoms with E-state index in [0.717, 1.165) is 6.54 Å². The van der Waals surface area contributed by atoms with Crippen molar-refractivity contribution in [3.63, 3.8) is 0 Å². The van der Waals surface area contributed by atoms with E-state index in [1.54, 1.807) is 0 Å². The molecule has 0 bridgehead atoms. The summed E-state index contributed by atoms with van der Waals surface area (Å²) in [6.07, 6.45) is 3.79. The minimum atomic E-state index is 0.531. The highest BCUT2D eigenvalue weighted by Crippen LogP contribution is 2.28. The number of piperidine rings is 1. The Kier molecular flexibility index (Phi) is 5.41. The van der Waals surface area contributed by atoms with Crippen LogP contribution in [0.4, 0.5) is 0 Å². The lowest BCUT2D eigenvalue weighted by atomic mass is 9.94. The van der Waals surface area contributed by atoms with E-state index in [0.29, 0.717) is 18.1 Å². The first-order valence-corrected chi connectivity index (χ1v) is 7.76. The van der Waals surface area contributed by atoms with Gasteiger partial charge in [0.05, 0.1) is 0 Å². The Morgan fingerprint density at radius 2 is 2.05 bits per heavy atom. The van der Waals surface area contributed by atoms with Crippen molar-refractivity contribution in [2.24, 2.45) is 0 Å². The molecule has 2 rings (SSSR count). The average molecular weight is 260 g/mol. The van der Waals surface area contributed by atoms with Gasteiger partial charge < -0.3 is 5.32 Å². The Labute approximate surface area is 118 Å². The maximum atomic E-state index is 3.67. The molecule has 3 unspecified atom stereocenters. The fraction of sp³-hybridized carbons (Fsp3) is 0.647. The number of nitrogens with zero attached hydrogens (tertiary/aromatic N) is 1. The number of hydrogen-bond acceptors (Lipinski definition) is 2. The van der Waals surface area contributed by atoms with Crippen LogP contribution >= 0.6 is 0 Å². The van der Waals surface area contributed by atoms with E-state index in [1.165, 1.54) is 31.4 Å². The Bertz CT molecular complexity index is 363. The number of rotatable bonds is 5. The van der Waals surface area contributed by atoms with Crippen LogP contribution in [0.25, 0.3) is 0 Å². The van der Waals surface area contributed by atoms with Crippen LogP contribution in [0, 0.1) is 0 Å². The number of likely N-dealkylation sites (tertiary alicyclic amines) is 1. The van der Waals surface area contributed by atoms with Gasteiger partial charge in [-0.3, -0.25) is 4.90 Å². The summed E-state index contributed by atoms with van der Waals surface area (Å²) in [4.78, 5) is 2.65. The molecule has 0 aromatic heterocycles. The van der Waals surface area contributed by atoms with Crippen molar-refractivity contribution < 1.29 is 0 Å². The minimum absolute atomic E-state index is 0.531. The lowest BCUT2D eigenvalue weighted by Gasteiger charge is -2.41. The summed E-state index contributed by atoms with van der Waals surface area (Å²) in [5.41, 5.74) is 1.44. The average Bonchev–Trinajstić information content (AvgIpc) is 2.45. The molecule has 1 fully saturated rings. The van der Waals surface area contributed by atoms with E-state index in [9.17, 15) is 0 Å². The van der Waals surface area contributed by atoms with E-state index < -0.39 is 0 Å². The molecule has 0 saturated carbocycles. The minimum Gasteiger partial charge on any atom is -0.314 e. The van der Waals surface area contributed by atoms with E-state index in [-0.39, 0.29) is 0 Å². The van der Waals surface area contributed by atoms with Gasteiger partial charge in [-0.2, -0.15) is 0 Å². The third-order valence-electron chi connectivity index (χ3n) is 4.39. The number of benzene rings is 1. The molecule has 2 nitrogen and oxygen atoms in total. The molecule has 1 aliphatic rings. The monoisotopic (exact) mass is 260 g/mol. The van der Waals surface area contributed by atoms with Gasteiger partial charge in [0.15, 0.2) is 0 Å². The van der Waals surface area contributed by atoms with Crippen molar-refractivity contribution in [1.82, 2.24) is 10.2 Å². The van der Waals surface area contributed by atoms with Crippen molar-refractivity contribution in [2.45, 2.75) is 58.2 Å². The highest BCUT2D eigenvalue weighted by Gasteiger charge is 2.28. The summed E-state index contributed by atoms with van der Waals surface area (Å²) in [5, 5.41) is 3.67. The predicted molar refractivity (Wildman–Crippen MR) is 82.3 cm³/mol. The zero-order valence-electron chi connectivity index (χ0n) is 12.6. The largest absolute Gasteiger partial charge is 0.314 e. The van der Waals surface area contributed by atoms with Crippen LogP contribution in [0.1, 0.15) is 51.6 Å². The third kappa shape index (κ3) is 3.80. The molecule has 0 aliphatic carbocycles. The summed E-state index contributed by atoms with van der Waals surface area (Å²) in [6, 6.07) is 12.8. The quantitative estimate of drug-likeness (QED) is 0.870. The molecule has 1 aromatic carbocycles. The van der Waals surface area contributed by atoms with Crippen molar-refractivity contribution in [2.75, 3.05) is 13.1 Å². The van der Waals surface area contributed by atoms with Crippen molar-refractivity contribution in [1.29, 1.82) is 0 Å². The van der Waals surface area contributed by atoms with E-state index in [1.807, 2.05) is 0 Å². The molecule has 0 radical (unpaired) electrons. The molecular formula is C17H28N2. The van der Waals surface area contributed by atoms with Crippen LogP contribution in [0.3, 0.4) is 0 Å². The van der Waals surface area contributed by atoms with Crippen molar-refractivity contribution >= 4 is 0 Å². The molecule has 1 N–H and O–H groups in total. The Morgan fingerprint density at radius 1 is 1.32 bits per heavy atom. The van der Waals surface area contributed by atoms with Gasteiger partial charge in [0, 0.05) is 24.7 Å². The Balaban J connectivity index is 1.92. The molecule has 0 amide bonds. The fourth-order valence-corrected chi connectivity index (χ4v) is 3.22. The van der Waals surface area contributed by atoms with E-state index in [4.69, 9.17) is 0 Å². The van der Waals surface area contributed by atoms with E-state index >= 15 is 0 Å². The highest BCUT2D eigenvalue weighted by molar-refractivity contribution is 5.18. The first-order valence-electron chi connectivity index (χ1n) is 7.76. The molecule has 3 atom stereocenters. The van der Waals surface area contributed by atoms with E-state index in [2.05, 4.69) is 61.3 Å². The summed E-state index contributed by atoms with van der Waals surface area (Å²) in [6.45, 7) is 9.32. The molecular weight excluding hydrogens is 232 g/mol. The van der Waals surface area contributed by atoms with Gasteiger partial charge in [-0.1, -0.05) is 37.3 Å². The van der Waals surface area contributed by atoms with Gasteiger partial charge in [0.25, 0.3) is 0 Å². The van der Waals surface area contributed by atoms with Crippen molar-refractivity contribution in [3.8, 4) is 0 Å². The smallest absolute Gasteiger partial charge is 0.0322 e. The number of nitrogens with one attached hydrogen (secondary N) is 1. The summed E-state index contributed by atoms with van der Waals surface area (Å²) in [7, 11) is 0.